The molecule has 0 radical (unpaired) electrons. The summed E-state index contributed by atoms with van der Waals surface area (Å²) >= 11 is 0. The number of nitrogens with zero attached hydrogens (tertiary/aromatic N) is 4. The number of hydrogen-bond acceptors (Lipinski definition) is 5. The minimum atomic E-state index is -0.181. The molecule has 2 aromatic carbocycles. The number of amides is 1. The summed E-state index contributed by atoms with van der Waals surface area (Å²) in [4.78, 5) is 18.8. The number of carbonyl (C=O) groups excluding carboxylic acids is 1. The normalized spacial score (nSPS) is 22.2. The second-order valence-corrected chi connectivity index (χ2v) is 11.1. The molecule has 2 bridgehead atoms. The van der Waals surface area contributed by atoms with Gasteiger partial charge in [-0.3, -0.25) is 14.4 Å². The molecule has 2 saturated heterocycles. The first-order valence-corrected chi connectivity index (χ1v) is 13.5. The van der Waals surface area contributed by atoms with E-state index in [0.29, 0.717) is 12.1 Å². The standard InChI is InChI=1S/C30H37N5O2/c1-19-5-6-25(34-17-26-9-10-27(18-34)35(26)24-7-8-24)14-29(19)30(36)32-20(2)21-11-22(13-28(12-21)37-4)23-15-31-33(3)16-23/h5-6,11-16,20,24,26-27H,7-10,17-18H2,1-4H3,(H,32,36)/t20-,26-,27+/m1/s1. The summed E-state index contributed by atoms with van der Waals surface area (Å²) < 4.78 is 7.35. The summed E-state index contributed by atoms with van der Waals surface area (Å²) in [5, 5.41) is 7.53. The number of fused-ring (bicyclic) bond motifs is 2. The van der Waals surface area contributed by atoms with Gasteiger partial charge in [0.05, 0.1) is 19.3 Å². The number of ether oxygens (including phenoxy) is 1. The topological polar surface area (TPSA) is 62.6 Å². The zero-order chi connectivity index (χ0) is 25.7. The van der Waals surface area contributed by atoms with Gasteiger partial charge in [-0.1, -0.05) is 6.07 Å². The molecule has 1 amide bonds. The highest BCUT2D eigenvalue weighted by molar-refractivity contribution is 5.97. The van der Waals surface area contributed by atoms with Crippen molar-refractivity contribution in [3.63, 3.8) is 0 Å². The van der Waals surface area contributed by atoms with Crippen LogP contribution in [0.25, 0.3) is 11.1 Å². The van der Waals surface area contributed by atoms with Crippen molar-refractivity contribution in [1.82, 2.24) is 20.0 Å². The zero-order valence-electron chi connectivity index (χ0n) is 22.3. The number of anilines is 1. The van der Waals surface area contributed by atoms with Gasteiger partial charge in [0.2, 0.25) is 0 Å². The summed E-state index contributed by atoms with van der Waals surface area (Å²) in [5.41, 5.74) is 5.93. The monoisotopic (exact) mass is 499 g/mol. The van der Waals surface area contributed by atoms with Crippen LogP contribution in [-0.2, 0) is 7.05 Å². The number of nitrogens with one attached hydrogen (secondary N) is 1. The second-order valence-electron chi connectivity index (χ2n) is 11.1. The van der Waals surface area contributed by atoms with Gasteiger partial charge in [0.25, 0.3) is 5.91 Å². The maximum atomic E-state index is 13.5. The van der Waals surface area contributed by atoms with E-state index in [4.69, 9.17) is 4.74 Å². The summed E-state index contributed by atoms with van der Waals surface area (Å²) in [5.74, 6) is 0.716. The number of rotatable bonds is 7. The van der Waals surface area contributed by atoms with Gasteiger partial charge in [-0.25, -0.2) is 0 Å². The molecule has 7 nitrogen and oxygen atoms in total. The smallest absolute Gasteiger partial charge is 0.252 e. The average Bonchev–Trinajstić information content (AvgIpc) is 3.59. The van der Waals surface area contributed by atoms with Crippen molar-refractivity contribution < 1.29 is 9.53 Å². The van der Waals surface area contributed by atoms with Gasteiger partial charge < -0.3 is 15.0 Å². The Morgan fingerprint density at radius 2 is 1.76 bits per heavy atom. The Morgan fingerprint density at radius 3 is 2.41 bits per heavy atom. The quantitative estimate of drug-likeness (QED) is 0.510. The van der Waals surface area contributed by atoms with E-state index in [1.807, 2.05) is 45.4 Å². The molecule has 0 unspecified atom stereocenters. The van der Waals surface area contributed by atoms with E-state index in [1.165, 1.54) is 25.7 Å². The third kappa shape index (κ3) is 4.73. The van der Waals surface area contributed by atoms with Crippen molar-refractivity contribution in [1.29, 1.82) is 0 Å². The Bertz CT molecular complexity index is 1300. The lowest BCUT2D eigenvalue weighted by atomic mass is 10.0. The van der Waals surface area contributed by atoms with Gasteiger partial charge in [-0.2, -0.15) is 5.10 Å². The predicted molar refractivity (Wildman–Crippen MR) is 146 cm³/mol. The molecular formula is C30H37N5O2. The van der Waals surface area contributed by atoms with Crippen LogP contribution in [-0.4, -0.2) is 58.9 Å². The maximum absolute atomic E-state index is 13.5. The molecule has 3 heterocycles. The Balaban J connectivity index is 1.20. The molecule has 6 rings (SSSR count). The zero-order valence-corrected chi connectivity index (χ0v) is 22.3. The Hall–Kier alpha value is -3.32. The van der Waals surface area contributed by atoms with Crippen molar-refractivity contribution >= 4 is 11.6 Å². The molecule has 3 aromatic rings. The fourth-order valence-corrected chi connectivity index (χ4v) is 6.25. The summed E-state index contributed by atoms with van der Waals surface area (Å²) in [6.07, 6.45) is 9.17. The molecule has 1 N–H and O–H groups in total. The summed E-state index contributed by atoms with van der Waals surface area (Å²) in [6.45, 7) is 6.17. The number of methoxy groups -OCH3 is 1. The van der Waals surface area contributed by atoms with Crippen LogP contribution in [0.15, 0.2) is 48.8 Å². The lowest BCUT2D eigenvalue weighted by Gasteiger charge is -2.42. The molecule has 1 saturated carbocycles. The fourth-order valence-electron chi connectivity index (χ4n) is 6.25. The molecule has 3 aliphatic rings. The first kappa shape index (κ1) is 24.0. The van der Waals surface area contributed by atoms with Gasteiger partial charge in [0, 0.05) is 61.3 Å². The van der Waals surface area contributed by atoms with Crippen molar-refractivity contribution in [2.45, 2.75) is 63.7 Å². The minimum absolute atomic E-state index is 0.0443. The number of aryl methyl sites for hydroxylation is 2. The van der Waals surface area contributed by atoms with Crippen molar-refractivity contribution in [2.75, 3.05) is 25.1 Å². The van der Waals surface area contributed by atoms with E-state index in [-0.39, 0.29) is 11.9 Å². The minimum Gasteiger partial charge on any atom is -0.497 e. The molecule has 2 aliphatic heterocycles. The number of benzene rings is 2. The van der Waals surface area contributed by atoms with Crippen LogP contribution in [0.4, 0.5) is 5.69 Å². The van der Waals surface area contributed by atoms with E-state index in [1.54, 1.807) is 11.8 Å². The molecule has 3 atom stereocenters. The highest BCUT2D eigenvalue weighted by atomic mass is 16.5. The first-order chi connectivity index (χ1) is 17.9. The molecule has 194 valence electrons. The largest absolute Gasteiger partial charge is 0.497 e. The van der Waals surface area contributed by atoms with E-state index in [2.05, 4.69) is 44.5 Å². The lowest BCUT2D eigenvalue weighted by molar-refractivity contribution is 0.0939. The molecule has 37 heavy (non-hydrogen) atoms. The number of carbonyl (C=O) groups is 1. The molecule has 1 aromatic heterocycles. The first-order valence-electron chi connectivity index (χ1n) is 13.5. The number of piperazine rings is 1. The van der Waals surface area contributed by atoms with Crippen LogP contribution in [0, 0.1) is 6.92 Å². The Labute approximate surface area is 219 Å². The van der Waals surface area contributed by atoms with E-state index in [0.717, 1.165) is 58.4 Å². The van der Waals surface area contributed by atoms with Gasteiger partial charge in [0.1, 0.15) is 5.75 Å². The second kappa shape index (κ2) is 9.53. The van der Waals surface area contributed by atoms with Crippen LogP contribution in [0.2, 0.25) is 0 Å². The maximum Gasteiger partial charge on any atom is 0.252 e. The SMILES string of the molecule is COc1cc(-c2cnn(C)c2)cc([C@@H](C)NC(=O)c2cc(N3C[C@H]4CC[C@@H](C3)N4C3CC3)ccc2C)c1. The Morgan fingerprint density at radius 1 is 1.03 bits per heavy atom. The van der Waals surface area contributed by atoms with Crippen molar-refractivity contribution in [3.05, 3.63) is 65.5 Å². The Kier molecular flexibility index (Phi) is 6.19. The van der Waals surface area contributed by atoms with Gasteiger partial charge in [0.15, 0.2) is 0 Å². The van der Waals surface area contributed by atoms with Crippen molar-refractivity contribution in [2.24, 2.45) is 7.05 Å². The number of aromatic nitrogens is 2. The van der Waals surface area contributed by atoms with Crippen LogP contribution in [0.1, 0.15) is 60.1 Å². The average molecular weight is 500 g/mol. The van der Waals surface area contributed by atoms with E-state index >= 15 is 0 Å². The van der Waals surface area contributed by atoms with E-state index in [9.17, 15) is 4.79 Å². The molecule has 3 fully saturated rings. The molecule has 0 spiro atoms. The van der Waals surface area contributed by atoms with Crippen molar-refractivity contribution in [3.8, 4) is 16.9 Å². The summed E-state index contributed by atoms with van der Waals surface area (Å²) in [6, 6.07) is 14.4. The lowest BCUT2D eigenvalue weighted by Crippen LogP contribution is -2.54. The van der Waals surface area contributed by atoms with Gasteiger partial charge in [-0.05, 0) is 86.6 Å². The van der Waals surface area contributed by atoms with Crippen LogP contribution < -0.4 is 15.0 Å². The fraction of sp³-hybridized carbons (Fsp3) is 0.467. The van der Waals surface area contributed by atoms with Crippen LogP contribution in [0.3, 0.4) is 0 Å². The van der Waals surface area contributed by atoms with E-state index < -0.39 is 0 Å². The van der Waals surface area contributed by atoms with Gasteiger partial charge >= 0.3 is 0 Å². The summed E-state index contributed by atoms with van der Waals surface area (Å²) in [7, 11) is 3.57. The highest BCUT2D eigenvalue weighted by Gasteiger charge is 2.46. The van der Waals surface area contributed by atoms with Gasteiger partial charge in [-0.15, -0.1) is 0 Å². The molecule has 1 aliphatic carbocycles. The van der Waals surface area contributed by atoms with Crippen LogP contribution in [0.5, 0.6) is 5.75 Å². The third-order valence-corrected chi connectivity index (χ3v) is 8.39. The highest BCUT2D eigenvalue weighted by Crippen LogP contribution is 2.41. The predicted octanol–water partition coefficient (Wildman–Crippen LogP) is 4.71. The van der Waals surface area contributed by atoms with Crippen LogP contribution >= 0.6 is 0 Å². The molecular weight excluding hydrogens is 462 g/mol. The molecule has 7 heteroatoms. The third-order valence-electron chi connectivity index (χ3n) is 8.39. The number of hydrogen-bond donors (Lipinski definition) is 1.